The largest absolute Gasteiger partial charge is 0.504 e. The van der Waals surface area contributed by atoms with E-state index in [2.05, 4.69) is 5.32 Å². The molecule has 6 heteroatoms. The second kappa shape index (κ2) is 7.15. The predicted molar refractivity (Wildman–Crippen MR) is 79.6 cm³/mol. The van der Waals surface area contributed by atoms with Crippen molar-refractivity contribution in [1.82, 2.24) is 5.32 Å². The van der Waals surface area contributed by atoms with Gasteiger partial charge in [0.2, 0.25) is 5.91 Å². The molecule has 0 heterocycles. The van der Waals surface area contributed by atoms with Crippen LogP contribution < -0.4 is 10.1 Å². The smallest absolute Gasteiger partial charge is 0.307 e. The number of aliphatic carboxylic acids is 1. The Kier molecular flexibility index (Phi) is 5.25. The van der Waals surface area contributed by atoms with E-state index in [4.69, 9.17) is 4.74 Å². The van der Waals surface area contributed by atoms with Gasteiger partial charge in [0.25, 0.3) is 0 Å². The molecule has 1 amide bonds. The van der Waals surface area contributed by atoms with Gasteiger partial charge in [-0.3, -0.25) is 9.59 Å². The molecule has 2 atom stereocenters. The lowest BCUT2D eigenvalue weighted by molar-refractivity contribution is -0.148. The lowest BCUT2D eigenvalue weighted by Crippen LogP contribution is -2.39. The van der Waals surface area contributed by atoms with Crippen molar-refractivity contribution in [3.63, 3.8) is 0 Å². The summed E-state index contributed by atoms with van der Waals surface area (Å²) < 4.78 is 4.96. The standard InChI is InChI=1S/C16H21NO5/c1-22-14-7-6-10(8-13(14)18)9-17-15(19)11-4-2-3-5-12(11)16(20)21/h6-8,11-12,18H,2-5,9H2,1H3,(H,17,19)(H,20,21). The highest BCUT2D eigenvalue weighted by atomic mass is 16.5. The summed E-state index contributed by atoms with van der Waals surface area (Å²) >= 11 is 0. The molecular weight excluding hydrogens is 286 g/mol. The SMILES string of the molecule is COc1ccc(CNC(=O)C2CCCCC2C(=O)O)cc1O. The van der Waals surface area contributed by atoms with Gasteiger partial charge in [0.05, 0.1) is 18.9 Å². The summed E-state index contributed by atoms with van der Waals surface area (Å²) in [7, 11) is 1.46. The number of carboxylic acid groups (broad SMARTS) is 1. The van der Waals surface area contributed by atoms with Gasteiger partial charge >= 0.3 is 5.97 Å². The van der Waals surface area contributed by atoms with Crippen LogP contribution in [0.1, 0.15) is 31.2 Å². The number of rotatable bonds is 5. The summed E-state index contributed by atoms with van der Waals surface area (Å²) in [5, 5.41) is 21.7. The summed E-state index contributed by atoms with van der Waals surface area (Å²) in [6.45, 7) is 0.249. The Bertz CT molecular complexity index is 557. The fourth-order valence-corrected chi connectivity index (χ4v) is 2.91. The Balaban J connectivity index is 1.96. The maximum Gasteiger partial charge on any atom is 0.307 e. The number of aromatic hydroxyl groups is 1. The first-order chi connectivity index (χ1) is 10.5. The number of nitrogens with one attached hydrogen (secondary N) is 1. The zero-order valence-electron chi connectivity index (χ0n) is 12.5. The van der Waals surface area contributed by atoms with Gasteiger partial charge in [-0.05, 0) is 30.5 Å². The van der Waals surface area contributed by atoms with Gasteiger partial charge in [-0.25, -0.2) is 0 Å². The maximum absolute atomic E-state index is 12.2. The van der Waals surface area contributed by atoms with E-state index in [0.717, 1.165) is 18.4 Å². The van der Waals surface area contributed by atoms with Gasteiger partial charge in [-0.1, -0.05) is 18.9 Å². The van der Waals surface area contributed by atoms with Crippen LogP contribution in [0.2, 0.25) is 0 Å². The van der Waals surface area contributed by atoms with Crippen molar-refractivity contribution in [2.75, 3.05) is 7.11 Å². The minimum atomic E-state index is -0.901. The molecule has 1 aromatic rings. The number of carboxylic acids is 1. The number of ether oxygens (including phenoxy) is 1. The van der Waals surface area contributed by atoms with E-state index in [-0.39, 0.29) is 18.2 Å². The molecule has 0 radical (unpaired) electrons. The highest BCUT2D eigenvalue weighted by Gasteiger charge is 2.35. The van der Waals surface area contributed by atoms with Crippen LogP contribution in [0.15, 0.2) is 18.2 Å². The summed E-state index contributed by atoms with van der Waals surface area (Å²) in [4.78, 5) is 23.5. The molecule has 1 aromatic carbocycles. The Morgan fingerprint density at radius 1 is 1.27 bits per heavy atom. The number of carbonyl (C=O) groups excluding carboxylic acids is 1. The van der Waals surface area contributed by atoms with E-state index in [1.54, 1.807) is 12.1 Å². The molecular formula is C16H21NO5. The van der Waals surface area contributed by atoms with Crippen LogP contribution in [0.5, 0.6) is 11.5 Å². The molecule has 1 aliphatic rings. The highest BCUT2D eigenvalue weighted by Crippen LogP contribution is 2.31. The molecule has 2 unspecified atom stereocenters. The van der Waals surface area contributed by atoms with Crippen molar-refractivity contribution < 1.29 is 24.5 Å². The Morgan fingerprint density at radius 2 is 1.95 bits per heavy atom. The van der Waals surface area contributed by atoms with Crippen LogP contribution >= 0.6 is 0 Å². The Hall–Kier alpha value is -2.24. The topological polar surface area (TPSA) is 95.9 Å². The van der Waals surface area contributed by atoms with E-state index in [0.29, 0.717) is 18.6 Å². The van der Waals surface area contributed by atoms with E-state index >= 15 is 0 Å². The van der Waals surface area contributed by atoms with Gasteiger partial charge in [0.15, 0.2) is 11.5 Å². The molecule has 3 N–H and O–H groups in total. The molecule has 0 bridgehead atoms. The molecule has 2 rings (SSSR count). The number of carbonyl (C=O) groups is 2. The zero-order valence-corrected chi connectivity index (χ0v) is 12.5. The van der Waals surface area contributed by atoms with Gasteiger partial charge < -0.3 is 20.3 Å². The van der Waals surface area contributed by atoms with Gasteiger partial charge in [0.1, 0.15) is 0 Å². The third-order valence-electron chi connectivity index (χ3n) is 4.13. The summed E-state index contributed by atoms with van der Waals surface area (Å²) in [6.07, 6.45) is 2.89. The molecule has 0 aliphatic heterocycles. The first-order valence-electron chi connectivity index (χ1n) is 7.39. The molecule has 1 fully saturated rings. The normalized spacial score (nSPS) is 21.1. The van der Waals surface area contributed by atoms with Crippen molar-refractivity contribution in [2.45, 2.75) is 32.2 Å². The second-order valence-electron chi connectivity index (χ2n) is 5.56. The first kappa shape index (κ1) is 16.1. The summed E-state index contributed by atoms with van der Waals surface area (Å²) in [6, 6.07) is 4.89. The van der Waals surface area contributed by atoms with Gasteiger partial charge in [0, 0.05) is 6.54 Å². The first-order valence-corrected chi connectivity index (χ1v) is 7.39. The number of amides is 1. The molecule has 0 saturated heterocycles. The van der Waals surface area contributed by atoms with Crippen molar-refractivity contribution in [1.29, 1.82) is 0 Å². The quantitative estimate of drug-likeness (QED) is 0.772. The number of phenols is 1. The van der Waals surface area contributed by atoms with Gasteiger partial charge in [-0.15, -0.1) is 0 Å². The van der Waals surface area contributed by atoms with Gasteiger partial charge in [-0.2, -0.15) is 0 Å². The third kappa shape index (κ3) is 3.69. The highest BCUT2D eigenvalue weighted by molar-refractivity contribution is 5.84. The van der Waals surface area contributed by atoms with Crippen LogP contribution in [0.3, 0.4) is 0 Å². The number of methoxy groups -OCH3 is 1. The van der Waals surface area contributed by atoms with Crippen molar-refractivity contribution in [2.24, 2.45) is 11.8 Å². The summed E-state index contributed by atoms with van der Waals surface area (Å²) in [5.74, 6) is -1.83. The average molecular weight is 307 g/mol. The zero-order chi connectivity index (χ0) is 16.1. The second-order valence-corrected chi connectivity index (χ2v) is 5.56. The number of benzene rings is 1. The van der Waals surface area contributed by atoms with Crippen LogP contribution in [-0.2, 0) is 16.1 Å². The molecule has 22 heavy (non-hydrogen) atoms. The molecule has 120 valence electrons. The molecule has 0 spiro atoms. The van der Waals surface area contributed by atoms with E-state index in [1.807, 2.05) is 0 Å². The van der Waals surface area contributed by atoms with E-state index < -0.39 is 17.8 Å². The fraction of sp³-hybridized carbons (Fsp3) is 0.500. The van der Waals surface area contributed by atoms with E-state index in [9.17, 15) is 19.8 Å². The molecule has 6 nitrogen and oxygen atoms in total. The Morgan fingerprint density at radius 3 is 2.55 bits per heavy atom. The molecule has 0 aromatic heterocycles. The minimum Gasteiger partial charge on any atom is -0.504 e. The van der Waals surface area contributed by atoms with Crippen LogP contribution in [0.25, 0.3) is 0 Å². The lowest BCUT2D eigenvalue weighted by Gasteiger charge is -2.27. The number of hydrogen-bond donors (Lipinski definition) is 3. The van der Waals surface area contributed by atoms with Crippen molar-refractivity contribution in [3.05, 3.63) is 23.8 Å². The summed E-state index contributed by atoms with van der Waals surface area (Å²) in [5.41, 5.74) is 0.731. The fourth-order valence-electron chi connectivity index (χ4n) is 2.91. The lowest BCUT2D eigenvalue weighted by atomic mass is 9.78. The monoisotopic (exact) mass is 307 g/mol. The number of phenolic OH excluding ortho intramolecular Hbond substituents is 1. The van der Waals surface area contributed by atoms with Crippen LogP contribution in [0, 0.1) is 11.8 Å². The Labute approximate surface area is 129 Å². The molecule has 1 aliphatic carbocycles. The average Bonchev–Trinajstić information content (AvgIpc) is 2.52. The number of hydrogen-bond acceptors (Lipinski definition) is 4. The minimum absolute atomic E-state index is 0.00956. The van der Waals surface area contributed by atoms with E-state index in [1.165, 1.54) is 13.2 Å². The van der Waals surface area contributed by atoms with Crippen molar-refractivity contribution >= 4 is 11.9 Å². The molecule has 1 saturated carbocycles. The maximum atomic E-state index is 12.2. The van der Waals surface area contributed by atoms with Crippen molar-refractivity contribution in [3.8, 4) is 11.5 Å². The predicted octanol–water partition coefficient (Wildman–Crippen LogP) is 1.91. The van der Waals surface area contributed by atoms with Crippen LogP contribution in [0.4, 0.5) is 0 Å². The third-order valence-corrected chi connectivity index (χ3v) is 4.13. The van der Waals surface area contributed by atoms with Crippen LogP contribution in [-0.4, -0.2) is 29.2 Å².